The van der Waals surface area contributed by atoms with E-state index < -0.39 is 14.6 Å². The third-order valence-corrected chi connectivity index (χ3v) is 6.41. The number of hydrogen-bond donors (Lipinski definition) is 3. The van der Waals surface area contributed by atoms with Crippen molar-refractivity contribution in [3.05, 3.63) is 17.7 Å². The quantitative estimate of drug-likeness (QED) is 0.244. The van der Waals surface area contributed by atoms with Gasteiger partial charge in [0.25, 0.3) is 0 Å². The molecule has 0 amide bonds. The Labute approximate surface area is 143 Å². The van der Waals surface area contributed by atoms with Gasteiger partial charge in [-0.2, -0.15) is 0 Å². The Hall–Kier alpha value is -1.61. The molecule has 1 rings (SSSR count). The Morgan fingerprint density at radius 1 is 0.958 bits per heavy atom. The molecule has 0 radical (unpaired) electrons. The van der Waals surface area contributed by atoms with E-state index in [1.807, 2.05) is 20.8 Å². The van der Waals surface area contributed by atoms with Crippen LogP contribution in [0.1, 0.15) is 32.8 Å². The van der Waals surface area contributed by atoms with Gasteiger partial charge in [0, 0.05) is 44.2 Å². The van der Waals surface area contributed by atoms with E-state index in [0.717, 1.165) is 0 Å². The van der Waals surface area contributed by atoms with Crippen molar-refractivity contribution < 1.29 is 28.6 Å². The lowest BCUT2D eigenvalue weighted by atomic mass is 10.2. The minimum Gasteiger partial charge on any atom is -0.504 e. The van der Waals surface area contributed by atoms with E-state index in [2.05, 4.69) is 4.99 Å². The fourth-order valence-corrected chi connectivity index (χ4v) is 4.83. The van der Waals surface area contributed by atoms with Crippen molar-refractivity contribution in [2.24, 2.45) is 4.99 Å². The smallest absolute Gasteiger partial charge is 0.500 e. The number of phenols is 3. The zero-order valence-electron chi connectivity index (χ0n) is 14.5. The number of hydrogen-bond acceptors (Lipinski definition) is 7. The summed E-state index contributed by atoms with van der Waals surface area (Å²) in [6.07, 6.45) is 2.17. The average Bonchev–Trinajstić information content (AvgIpc) is 2.55. The second kappa shape index (κ2) is 10.3. The summed E-state index contributed by atoms with van der Waals surface area (Å²) in [5.41, 5.74) is 0.341. The summed E-state index contributed by atoms with van der Waals surface area (Å²) in [6, 6.07) is 3.44. The molecule has 8 heteroatoms. The number of nitrogens with zero attached hydrogens (tertiary/aromatic N) is 1. The summed E-state index contributed by atoms with van der Waals surface area (Å²) in [4.78, 5) is 4.23. The first-order chi connectivity index (χ1) is 11.5. The Balaban J connectivity index is 2.60. The van der Waals surface area contributed by atoms with Gasteiger partial charge >= 0.3 is 8.80 Å². The van der Waals surface area contributed by atoms with Crippen LogP contribution in [0.2, 0.25) is 6.04 Å². The van der Waals surface area contributed by atoms with Crippen LogP contribution < -0.4 is 0 Å². The van der Waals surface area contributed by atoms with Crippen molar-refractivity contribution in [1.29, 1.82) is 0 Å². The van der Waals surface area contributed by atoms with Gasteiger partial charge in [-0.3, -0.25) is 4.99 Å². The molecule has 0 unspecified atom stereocenters. The minimum absolute atomic E-state index is 0.341. The molecule has 0 saturated heterocycles. The van der Waals surface area contributed by atoms with Crippen molar-refractivity contribution in [1.82, 2.24) is 0 Å². The molecule has 0 aliphatic heterocycles. The van der Waals surface area contributed by atoms with E-state index in [1.165, 1.54) is 18.3 Å². The zero-order chi connectivity index (χ0) is 18.0. The highest BCUT2D eigenvalue weighted by Gasteiger charge is 2.39. The monoisotopic (exact) mass is 357 g/mol. The molecule has 0 saturated carbocycles. The molecule has 0 fully saturated rings. The summed E-state index contributed by atoms with van der Waals surface area (Å²) in [5, 5.41) is 28.5. The van der Waals surface area contributed by atoms with Gasteiger partial charge in [-0.1, -0.05) is 0 Å². The molecule has 24 heavy (non-hydrogen) atoms. The molecule has 0 aromatic heterocycles. The highest BCUT2D eigenvalue weighted by molar-refractivity contribution is 6.60. The Bertz CT molecular complexity index is 521. The topological polar surface area (TPSA) is 101 Å². The van der Waals surface area contributed by atoms with Crippen LogP contribution in [-0.4, -0.2) is 56.7 Å². The van der Waals surface area contributed by atoms with Crippen molar-refractivity contribution in [2.45, 2.75) is 33.2 Å². The maximum atomic E-state index is 9.72. The molecule has 0 aliphatic carbocycles. The van der Waals surface area contributed by atoms with E-state index in [0.29, 0.717) is 44.4 Å². The summed E-state index contributed by atoms with van der Waals surface area (Å²) in [6.45, 7) is 7.86. The Morgan fingerprint density at radius 2 is 1.54 bits per heavy atom. The summed E-state index contributed by atoms with van der Waals surface area (Å²) in [5.74, 6) is -1.31. The minimum atomic E-state index is -2.65. The SMILES string of the molecule is CCO[Si](CCCN=Cc1ccc(O)c(O)c1O)(OCC)OCC. The van der Waals surface area contributed by atoms with Crippen LogP contribution in [0.3, 0.4) is 0 Å². The molecule has 136 valence electrons. The van der Waals surface area contributed by atoms with Gasteiger partial charge in [0.15, 0.2) is 11.5 Å². The highest BCUT2D eigenvalue weighted by atomic mass is 28.4. The van der Waals surface area contributed by atoms with Crippen LogP contribution in [0.25, 0.3) is 0 Å². The number of benzene rings is 1. The molecule has 1 aromatic carbocycles. The molecule has 0 spiro atoms. The normalized spacial score (nSPS) is 12.1. The van der Waals surface area contributed by atoms with E-state index in [-0.39, 0.29) is 11.5 Å². The first kappa shape index (κ1) is 20.4. The van der Waals surface area contributed by atoms with Crippen molar-refractivity contribution >= 4 is 15.0 Å². The lowest BCUT2D eigenvalue weighted by Gasteiger charge is -2.28. The van der Waals surface area contributed by atoms with Crippen LogP contribution in [0.15, 0.2) is 17.1 Å². The molecular formula is C16H27NO6Si. The van der Waals surface area contributed by atoms with E-state index in [4.69, 9.17) is 13.3 Å². The number of rotatable bonds is 11. The fraction of sp³-hybridized carbons (Fsp3) is 0.562. The van der Waals surface area contributed by atoms with Crippen LogP contribution >= 0.6 is 0 Å². The second-order valence-electron chi connectivity index (χ2n) is 4.99. The van der Waals surface area contributed by atoms with Gasteiger partial charge in [-0.25, -0.2) is 0 Å². The van der Waals surface area contributed by atoms with Crippen LogP contribution in [-0.2, 0) is 13.3 Å². The highest BCUT2D eigenvalue weighted by Crippen LogP contribution is 2.36. The third kappa shape index (κ3) is 5.79. The van der Waals surface area contributed by atoms with Gasteiger partial charge < -0.3 is 28.6 Å². The summed E-state index contributed by atoms with van der Waals surface area (Å²) < 4.78 is 17.3. The molecule has 0 atom stereocenters. The van der Waals surface area contributed by atoms with Gasteiger partial charge in [-0.15, -0.1) is 0 Å². The molecule has 7 nitrogen and oxygen atoms in total. The van der Waals surface area contributed by atoms with Crippen molar-refractivity contribution in [3.8, 4) is 17.2 Å². The second-order valence-corrected chi connectivity index (χ2v) is 7.72. The Kier molecular flexibility index (Phi) is 8.76. The van der Waals surface area contributed by atoms with Gasteiger partial charge in [0.1, 0.15) is 0 Å². The molecule has 0 aliphatic rings. The van der Waals surface area contributed by atoms with Crippen LogP contribution in [0, 0.1) is 0 Å². The lowest BCUT2D eigenvalue weighted by Crippen LogP contribution is -2.46. The maximum Gasteiger partial charge on any atom is 0.500 e. The summed E-state index contributed by atoms with van der Waals surface area (Å²) >= 11 is 0. The predicted octanol–water partition coefficient (Wildman–Crippen LogP) is 2.66. The van der Waals surface area contributed by atoms with E-state index in [9.17, 15) is 15.3 Å². The zero-order valence-corrected chi connectivity index (χ0v) is 15.5. The van der Waals surface area contributed by atoms with Gasteiger partial charge in [0.2, 0.25) is 5.75 Å². The molecule has 3 N–H and O–H groups in total. The standard InChI is InChI=1S/C16H27NO6Si/c1-4-21-24(22-5-2,23-6-3)11-7-10-17-12-13-8-9-14(18)16(20)15(13)19/h8-9,12,18-20H,4-7,10-11H2,1-3H3. The average molecular weight is 357 g/mol. The molecule has 0 heterocycles. The number of aliphatic imine (C=N–C) groups is 1. The van der Waals surface area contributed by atoms with Gasteiger partial charge in [0.05, 0.1) is 0 Å². The molecule has 1 aromatic rings. The van der Waals surface area contributed by atoms with E-state index >= 15 is 0 Å². The largest absolute Gasteiger partial charge is 0.504 e. The first-order valence-electron chi connectivity index (χ1n) is 8.15. The fourth-order valence-electron chi connectivity index (χ4n) is 2.24. The van der Waals surface area contributed by atoms with Crippen LogP contribution in [0.5, 0.6) is 17.2 Å². The third-order valence-electron chi connectivity index (χ3n) is 3.25. The maximum absolute atomic E-state index is 9.72. The molecular weight excluding hydrogens is 330 g/mol. The first-order valence-corrected chi connectivity index (χ1v) is 10.1. The number of phenolic OH excluding ortho intramolecular Hbond substituents is 3. The van der Waals surface area contributed by atoms with Gasteiger partial charge in [-0.05, 0) is 39.3 Å². The molecule has 0 bridgehead atoms. The lowest BCUT2D eigenvalue weighted by molar-refractivity contribution is 0.0710. The predicted molar refractivity (Wildman–Crippen MR) is 94.0 cm³/mol. The van der Waals surface area contributed by atoms with Crippen molar-refractivity contribution in [3.63, 3.8) is 0 Å². The van der Waals surface area contributed by atoms with Crippen LogP contribution in [0.4, 0.5) is 0 Å². The van der Waals surface area contributed by atoms with E-state index in [1.54, 1.807) is 0 Å². The summed E-state index contributed by atoms with van der Waals surface area (Å²) in [7, 11) is -2.65. The van der Waals surface area contributed by atoms with Crippen molar-refractivity contribution in [2.75, 3.05) is 26.4 Å². The Morgan fingerprint density at radius 3 is 2.08 bits per heavy atom. The number of aromatic hydroxyl groups is 3.